The minimum Gasteiger partial charge on any atom is -0.478 e. The van der Waals surface area contributed by atoms with Gasteiger partial charge in [0.25, 0.3) is 0 Å². The zero-order valence-corrected chi connectivity index (χ0v) is 10.4. The average molecular weight is 247 g/mol. The van der Waals surface area contributed by atoms with Crippen molar-refractivity contribution in [2.75, 3.05) is 11.4 Å². The predicted octanol–water partition coefficient (Wildman–Crippen LogP) is 1.95. The second-order valence-corrected chi connectivity index (χ2v) is 4.53. The molecule has 0 radical (unpaired) electrons. The first kappa shape index (κ1) is 12.5. The molecule has 1 saturated heterocycles. The topological polar surface area (TPSA) is 66.3 Å². The molecule has 0 saturated carbocycles. The first-order valence-corrected chi connectivity index (χ1v) is 6.16. The maximum atomic E-state index is 10.4. The van der Waals surface area contributed by atoms with Gasteiger partial charge < -0.3 is 10.0 Å². The van der Waals surface area contributed by atoms with Crippen molar-refractivity contribution in [3.63, 3.8) is 0 Å². The molecule has 0 spiro atoms. The molecule has 1 aliphatic heterocycles. The Morgan fingerprint density at radius 3 is 2.78 bits per heavy atom. The number of hydrogen-bond acceptors (Lipinski definition) is 4. The minimum absolute atomic E-state index is 0.471. The molecule has 18 heavy (non-hydrogen) atoms. The van der Waals surface area contributed by atoms with E-state index in [2.05, 4.69) is 21.8 Å². The molecule has 1 atom stereocenters. The number of piperidine rings is 1. The number of nitrogens with zero attached hydrogens (tertiary/aromatic N) is 3. The van der Waals surface area contributed by atoms with Crippen molar-refractivity contribution >= 4 is 18.0 Å². The number of aliphatic carboxylic acids is 1. The van der Waals surface area contributed by atoms with Gasteiger partial charge in [0, 0.05) is 36.6 Å². The van der Waals surface area contributed by atoms with Gasteiger partial charge in [0.1, 0.15) is 0 Å². The number of hydrogen-bond donors (Lipinski definition) is 1. The van der Waals surface area contributed by atoms with Crippen molar-refractivity contribution in [1.82, 2.24) is 9.97 Å². The fraction of sp³-hybridized carbons (Fsp3) is 0.462. The second kappa shape index (κ2) is 5.62. The van der Waals surface area contributed by atoms with Crippen LogP contribution in [0.2, 0.25) is 0 Å². The van der Waals surface area contributed by atoms with Crippen LogP contribution in [0.4, 0.5) is 5.95 Å². The third kappa shape index (κ3) is 3.06. The van der Waals surface area contributed by atoms with Gasteiger partial charge in [-0.15, -0.1) is 0 Å². The highest BCUT2D eigenvalue weighted by Crippen LogP contribution is 2.20. The van der Waals surface area contributed by atoms with Crippen LogP contribution in [-0.2, 0) is 4.79 Å². The Bertz CT molecular complexity index is 442. The molecule has 0 aromatic carbocycles. The van der Waals surface area contributed by atoms with E-state index in [4.69, 9.17) is 5.11 Å². The van der Waals surface area contributed by atoms with E-state index in [9.17, 15) is 4.79 Å². The fourth-order valence-corrected chi connectivity index (χ4v) is 2.13. The van der Waals surface area contributed by atoms with E-state index in [-0.39, 0.29) is 0 Å². The van der Waals surface area contributed by atoms with Gasteiger partial charge in [-0.05, 0) is 32.3 Å². The quantitative estimate of drug-likeness (QED) is 0.827. The van der Waals surface area contributed by atoms with Crippen LogP contribution in [0.3, 0.4) is 0 Å². The highest BCUT2D eigenvalue weighted by Gasteiger charge is 2.20. The zero-order chi connectivity index (χ0) is 13.0. The molecule has 0 aliphatic carbocycles. The number of anilines is 1. The molecular formula is C13H17N3O2. The van der Waals surface area contributed by atoms with Gasteiger partial charge in [-0.3, -0.25) is 0 Å². The van der Waals surface area contributed by atoms with Crippen LogP contribution in [0.25, 0.3) is 6.08 Å². The lowest BCUT2D eigenvalue weighted by Gasteiger charge is -2.33. The van der Waals surface area contributed by atoms with E-state index in [1.807, 2.05) is 0 Å². The molecule has 2 heterocycles. The molecule has 1 aromatic rings. The van der Waals surface area contributed by atoms with E-state index in [1.54, 1.807) is 12.4 Å². The SMILES string of the molecule is CC1CCCCN1c1ncc(/C=C/C(=O)O)cn1. The van der Waals surface area contributed by atoms with E-state index < -0.39 is 5.97 Å². The van der Waals surface area contributed by atoms with Gasteiger partial charge >= 0.3 is 5.97 Å². The van der Waals surface area contributed by atoms with Crippen molar-refractivity contribution in [1.29, 1.82) is 0 Å². The van der Waals surface area contributed by atoms with Gasteiger partial charge in [-0.25, -0.2) is 14.8 Å². The molecule has 2 rings (SSSR count). The van der Waals surface area contributed by atoms with E-state index in [0.717, 1.165) is 18.6 Å². The van der Waals surface area contributed by atoms with Gasteiger partial charge in [0.05, 0.1) is 0 Å². The molecule has 1 aliphatic rings. The molecular weight excluding hydrogens is 230 g/mol. The summed E-state index contributed by atoms with van der Waals surface area (Å²) in [5, 5.41) is 8.53. The number of rotatable bonds is 3. The van der Waals surface area contributed by atoms with E-state index in [0.29, 0.717) is 11.6 Å². The summed E-state index contributed by atoms with van der Waals surface area (Å²) in [4.78, 5) is 21.2. The third-order valence-electron chi connectivity index (χ3n) is 3.14. The number of carboxylic acid groups (broad SMARTS) is 1. The molecule has 5 nitrogen and oxygen atoms in total. The normalized spacial score (nSPS) is 20.3. The molecule has 96 valence electrons. The Labute approximate surface area is 106 Å². The summed E-state index contributed by atoms with van der Waals surface area (Å²) in [6, 6.07) is 0.471. The van der Waals surface area contributed by atoms with Gasteiger partial charge in [-0.1, -0.05) is 0 Å². The maximum Gasteiger partial charge on any atom is 0.328 e. The Kier molecular flexibility index (Phi) is 3.92. The number of aromatic nitrogens is 2. The summed E-state index contributed by atoms with van der Waals surface area (Å²) >= 11 is 0. The molecule has 1 fully saturated rings. The van der Waals surface area contributed by atoms with Crippen LogP contribution >= 0.6 is 0 Å². The van der Waals surface area contributed by atoms with Gasteiger partial charge in [-0.2, -0.15) is 0 Å². The summed E-state index contributed by atoms with van der Waals surface area (Å²) in [6.07, 6.45) is 9.50. The second-order valence-electron chi connectivity index (χ2n) is 4.53. The first-order valence-electron chi connectivity index (χ1n) is 6.16. The predicted molar refractivity (Wildman–Crippen MR) is 69.4 cm³/mol. The lowest BCUT2D eigenvalue weighted by molar-refractivity contribution is -0.131. The molecule has 0 amide bonds. The Morgan fingerprint density at radius 1 is 1.44 bits per heavy atom. The lowest BCUT2D eigenvalue weighted by atomic mass is 10.0. The molecule has 1 N–H and O–H groups in total. The lowest BCUT2D eigenvalue weighted by Crippen LogP contribution is -2.38. The minimum atomic E-state index is -0.969. The van der Waals surface area contributed by atoms with Crippen molar-refractivity contribution in [2.45, 2.75) is 32.2 Å². The van der Waals surface area contributed by atoms with Gasteiger partial charge in [0.2, 0.25) is 5.95 Å². The van der Waals surface area contributed by atoms with E-state index in [1.165, 1.54) is 25.3 Å². The number of carbonyl (C=O) groups is 1. The molecule has 1 unspecified atom stereocenters. The Hall–Kier alpha value is -1.91. The Balaban J connectivity index is 2.09. The highest BCUT2D eigenvalue weighted by molar-refractivity contribution is 5.85. The molecule has 1 aromatic heterocycles. The van der Waals surface area contributed by atoms with Crippen LogP contribution in [0.5, 0.6) is 0 Å². The van der Waals surface area contributed by atoms with Crippen LogP contribution in [-0.4, -0.2) is 33.6 Å². The average Bonchev–Trinajstić information content (AvgIpc) is 2.38. The fourth-order valence-electron chi connectivity index (χ4n) is 2.13. The summed E-state index contributed by atoms with van der Waals surface area (Å²) in [5.74, 6) is -0.238. The van der Waals surface area contributed by atoms with Crippen LogP contribution in [0, 0.1) is 0 Å². The highest BCUT2D eigenvalue weighted by atomic mass is 16.4. The summed E-state index contributed by atoms with van der Waals surface area (Å²) < 4.78 is 0. The molecule has 0 bridgehead atoms. The van der Waals surface area contributed by atoms with E-state index >= 15 is 0 Å². The summed E-state index contributed by atoms with van der Waals surface area (Å²) in [7, 11) is 0. The van der Waals surface area contributed by atoms with Crippen molar-refractivity contribution in [3.05, 3.63) is 24.0 Å². The largest absolute Gasteiger partial charge is 0.478 e. The van der Waals surface area contributed by atoms with Crippen LogP contribution < -0.4 is 4.90 Å². The summed E-state index contributed by atoms with van der Waals surface area (Å²) in [5.41, 5.74) is 0.700. The Morgan fingerprint density at radius 2 is 2.17 bits per heavy atom. The third-order valence-corrected chi connectivity index (χ3v) is 3.14. The standard InChI is InChI=1S/C13H17N3O2/c1-10-4-2-3-7-16(10)13-14-8-11(9-15-13)5-6-12(17)18/h5-6,8-10H,2-4,7H2,1H3,(H,17,18)/b6-5+. The zero-order valence-electron chi connectivity index (χ0n) is 10.4. The number of carboxylic acids is 1. The van der Waals surface area contributed by atoms with Crippen molar-refractivity contribution in [3.8, 4) is 0 Å². The first-order chi connectivity index (χ1) is 8.66. The monoisotopic (exact) mass is 247 g/mol. The molecule has 5 heteroatoms. The van der Waals surface area contributed by atoms with Gasteiger partial charge in [0.15, 0.2) is 0 Å². The maximum absolute atomic E-state index is 10.4. The van der Waals surface area contributed by atoms with Crippen LogP contribution in [0.15, 0.2) is 18.5 Å². The smallest absolute Gasteiger partial charge is 0.328 e. The van der Waals surface area contributed by atoms with Crippen LogP contribution in [0.1, 0.15) is 31.7 Å². The van der Waals surface area contributed by atoms with Crippen molar-refractivity contribution < 1.29 is 9.90 Å². The van der Waals surface area contributed by atoms with Crippen molar-refractivity contribution in [2.24, 2.45) is 0 Å². The summed E-state index contributed by atoms with van der Waals surface area (Å²) in [6.45, 7) is 3.17.